The Hall–Kier alpha value is -2.87. The molecule has 0 aromatic carbocycles. The van der Waals surface area contributed by atoms with Crippen LogP contribution in [-0.2, 0) is 0 Å². The van der Waals surface area contributed by atoms with Gasteiger partial charge < -0.3 is 10.2 Å². The Labute approximate surface area is 189 Å². The number of carbonyl (C=O) groups is 1. The quantitative estimate of drug-likeness (QED) is 0.607. The van der Waals surface area contributed by atoms with Gasteiger partial charge in [0.1, 0.15) is 11.5 Å². The lowest BCUT2D eigenvalue weighted by Crippen LogP contribution is -2.59. The number of nitrogens with one attached hydrogen (secondary N) is 1. The Morgan fingerprint density at radius 1 is 1.13 bits per heavy atom. The highest BCUT2D eigenvalue weighted by Gasteiger charge is 2.43. The summed E-state index contributed by atoms with van der Waals surface area (Å²) >= 11 is 3.43. The van der Waals surface area contributed by atoms with Crippen molar-refractivity contribution in [2.75, 3.05) is 11.9 Å². The van der Waals surface area contributed by atoms with Gasteiger partial charge in [-0.1, -0.05) is 0 Å². The summed E-state index contributed by atoms with van der Waals surface area (Å²) in [6.45, 7) is 2.73. The molecule has 2 saturated heterocycles. The Balaban J connectivity index is 1.44. The minimum Gasteiger partial charge on any atom is -0.365 e. The van der Waals surface area contributed by atoms with Crippen molar-refractivity contribution in [1.29, 1.82) is 0 Å². The van der Waals surface area contributed by atoms with Gasteiger partial charge in [0, 0.05) is 41.8 Å². The van der Waals surface area contributed by atoms with Gasteiger partial charge in [-0.25, -0.2) is 15.0 Å². The molecule has 0 radical (unpaired) electrons. The van der Waals surface area contributed by atoms with Crippen LogP contribution >= 0.6 is 15.9 Å². The van der Waals surface area contributed by atoms with Crippen LogP contribution < -0.4 is 5.32 Å². The van der Waals surface area contributed by atoms with Crippen molar-refractivity contribution in [1.82, 2.24) is 24.8 Å². The molecule has 2 bridgehead atoms. The van der Waals surface area contributed by atoms with Gasteiger partial charge in [0.05, 0.1) is 11.6 Å². The van der Waals surface area contributed by atoms with Crippen LogP contribution in [-0.4, -0.2) is 49.4 Å². The van der Waals surface area contributed by atoms with Crippen LogP contribution in [0.15, 0.2) is 53.5 Å². The van der Waals surface area contributed by atoms with Gasteiger partial charge in [0.25, 0.3) is 5.91 Å². The van der Waals surface area contributed by atoms with E-state index in [1.54, 1.807) is 30.9 Å². The van der Waals surface area contributed by atoms with E-state index in [9.17, 15) is 4.79 Å². The summed E-state index contributed by atoms with van der Waals surface area (Å²) in [5.74, 6) is 1.80. The fraction of sp³-hybridized carbons (Fsp3) is 0.348. The lowest BCUT2D eigenvalue weighted by Gasteiger charge is -2.50. The largest absolute Gasteiger partial charge is 0.365 e. The van der Waals surface area contributed by atoms with Crippen molar-refractivity contribution in [2.24, 2.45) is 5.92 Å². The molecule has 8 heteroatoms. The normalized spacial score (nSPS) is 22.4. The topological polar surface area (TPSA) is 83.9 Å². The van der Waals surface area contributed by atoms with Gasteiger partial charge >= 0.3 is 0 Å². The van der Waals surface area contributed by atoms with Gasteiger partial charge in [-0.2, -0.15) is 0 Å². The molecular weight excluding hydrogens is 456 g/mol. The third-order valence-corrected chi connectivity index (χ3v) is 6.60. The third kappa shape index (κ3) is 4.04. The molecule has 0 unspecified atom stereocenters. The second-order valence-electron chi connectivity index (χ2n) is 8.30. The van der Waals surface area contributed by atoms with Crippen molar-refractivity contribution >= 4 is 27.7 Å². The first-order chi connectivity index (χ1) is 15.1. The number of carbonyl (C=O) groups excluding carboxylic acids is 1. The summed E-state index contributed by atoms with van der Waals surface area (Å²) in [6.07, 6.45) is 10.1. The second kappa shape index (κ2) is 8.34. The molecule has 1 amide bonds. The first-order valence-electron chi connectivity index (χ1n) is 10.5. The number of anilines is 1. The van der Waals surface area contributed by atoms with Crippen molar-refractivity contribution in [3.8, 4) is 11.5 Å². The van der Waals surface area contributed by atoms with Crippen LogP contribution in [0.1, 0.15) is 35.2 Å². The summed E-state index contributed by atoms with van der Waals surface area (Å²) in [7, 11) is 0. The predicted molar refractivity (Wildman–Crippen MR) is 122 cm³/mol. The monoisotopic (exact) mass is 478 g/mol. The molecule has 3 aliphatic rings. The zero-order valence-corrected chi connectivity index (χ0v) is 18.8. The highest BCUT2D eigenvalue weighted by molar-refractivity contribution is 9.10. The maximum atomic E-state index is 13.8. The molecule has 3 atom stereocenters. The minimum atomic E-state index is 0.00335. The minimum absolute atomic E-state index is 0.00335. The molecule has 0 spiro atoms. The second-order valence-corrected chi connectivity index (χ2v) is 9.21. The van der Waals surface area contributed by atoms with E-state index in [4.69, 9.17) is 0 Å². The van der Waals surface area contributed by atoms with Crippen LogP contribution in [0.2, 0.25) is 0 Å². The average molecular weight is 479 g/mol. The Bertz CT molecular complexity index is 1090. The summed E-state index contributed by atoms with van der Waals surface area (Å²) in [4.78, 5) is 33.4. The summed E-state index contributed by atoms with van der Waals surface area (Å²) in [6, 6.07) is 7.90. The number of aromatic nitrogens is 4. The van der Waals surface area contributed by atoms with Gasteiger partial charge in [0.15, 0.2) is 5.82 Å². The maximum Gasteiger partial charge on any atom is 0.256 e. The van der Waals surface area contributed by atoms with E-state index in [1.165, 1.54) is 0 Å². The molecule has 2 aliphatic heterocycles. The molecule has 3 fully saturated rings. The van der Waals surface area contributed by atoms with Crippen LogP contribution in [0.5, 0.6) is 0 Å². The SMILES string of the molecule is Cc1cnc(-c2ncccn2)c(C(=O)N2C[C@@H]3CC[C@H]2[C@H](Nc2ccc(Br)cn2)C3)c1. The van der Waals surface area contributed by atoms with E-state index in [0.717, 1.165) is 41.7 Å². The van der Waals surface area contributed by atoms with Crippen molar-refractivity contribution < 1.29 is 4.79 Å². The third-order valence-electron chi connectivity index (χ3n) is 6.13. The van der Waals surface area contributed by atoms with Crippen LogP contribution in [0.25, 0.3) is 11.5 Å². The van der Waals surface area contributed by atoms with Gasteiger partial charge in [-0.05, 0) is 77.9 Å². The van der Waals surface area contributed by atoms with Gasteiger partial charge in [-0.3, -0.25) is 9.78 Å². The van der Waals surface area contributed by atoms with Crippen molar-refractivity contribution in [2.45, 2.75) is 38.3 Å². The molecule has 158 valence electrons. The smallest absolute Gasteiger partial charge is 0.256 e. The summed E-state index contributed by atoms with van der Waals surface area (Å²) in [5, 5.41) is 3.57. The molecular formula is C23H23BrN6O. The van der Waals surface area contributed by atoms with Gasteiger partial charge in [0.2, 0.25) is 0 Å². The predicted octanol–water partition coefficient (Wildman–Crippen LogP) is 4.11. The number of pyridine rings is 2. The van der Waals surface area contributed by atoms with E-state index in [2.05, 4.69) is 41.2 Å². The summed E-state index contributed by atoms with van der Waals surface area (Å²) < 4.78 is 0.947. The summed E-state index contributed by atoms with van der Waals surface area (Å²) in [5.41, 5.74) is 2.05. The molecule has 7 nitrogen and oxygen atoms in total. The highest BCUT2D eigenvalue weighted by Crippen LogP contribution is 2.38. The zero-order valence-electron chi connectivity index (χ0n) is 17.2. The highest BCUT2D eigenvalue weighted by atomic mass is 79.9. The zero-order chi connectivity index (χ0) is 21.4. The van der Waals surface area contributed by atoms with E-state index < -0.39 is 0 Å². The molecule has 1 N–H and O–H groups in total. The Morgan fingerprint density at radius 3 is 2.71 bits per heavy atom. The Morgan fingerprint density at radius 2 is 1.97 bits per heavy atom. The van der Waals surface area contributed by atoms with E-state index >= 15 is 0 Å². The van der Waals surface area contributed by atoms with Crippen LogP contribution in [0.3, 0.4) is 0 Å². The first kappa shape index (κ1) is 20.1. The number of hydrogen-bond donors (Lipinski definition) is 1. The lowest BCUT2D eigenvalue weighted by molar-refractivity contribution is 0.0282. The van der Waals surface area contributed by atoms with Crippen LogP contribution in [0.4, 0.5) is 5.82 Å². The Kier molecular flexibility index (Phi) is 5.40. The van der Waals surface area contributed by atoms with Gasteiger partial charge in [-0.15, -0.1) is 0 Å². The number of halogens is 1. The number of amides is 1. The number of hydrogen-bond acceptors (Lipinski definition) is 6. The van der Waals surface area contributed by atoms with E-state index in [-0.39, 0.29) is 18.0 Å². The number of fused-ring (bicyclic) bond motifs is 3. The fourth-order valence-corrected chi connectivity index (χ4v) is 4.95. The number of piperidine rings is 2. The molecule has 6 rings (SSSR count). The number of nitrogens with zero attached hydrogens (tertiary/aromatic N) is 5. The number of rotatable bonds is 4. The molecule has 3 aromatic rings. The molecule has 1 saturated carbocycles. The molecule has 5 heterocycles. The molecule has 1 aliphatic carbocycles. The van der Waals surface area contributed by atoms with Crippen molar-refractivity contribution in [3.05, 3.63) is 64.7 Å². The lowest BCUT2D eigenvalue weighted by atomic mass is 9.76. The standard InChI is InChI=1S/C23H23BrN6O/c1-14-9-17(21(28-11-14)22-25-7-2-8-26-22)23(31)30-13-15-3-5-19(30)18(10-15)29-20-6-4-16(24)12-27-20/h2,4,6-9,11-12,15,18-19H,3,5,10,13H2,1H3,(H,27,29)/t15-,18-,19+/m1/s1. The van der Waals surface area contributed by atoms with E-state index in [0.29, 0.717) is 23.0 Å². The fourth-order valence-electron chi connectivity index (χ4n) is 4.72. The average Bonchev–Trinajstić information content (AvgIpc) is 2.81. The molecule has 31 heavy (non-hydrogen) atoms. The number of aryl methyl sites for hydroxylation is 1. The first-order valence-corrected chi connectivity index (χ1v) is 11.3. The van der Waals surface area contributed by atoms with Crippen LogP contribution in [0, 0.1) is 12.8 Å². The van der Waals surface area contributed by atoms with E-state index in [1.807, 2.05) is 30.0 Å². The molecule has 3 aromatic heterocycles. The maximum absolute atomic E-state index is 13.8. The van der Waals surface area contributed by atoms with Crippen molar-refractivity contribution in [3.63, 3.8) is 0 Å².